The summed E-state index contributed by atoms with van der Waals surface area (Å²) >= 11 is 0. The number of nitrogens with zero attached hydrogens (tertiary/aromatic N) is 2. The van der Waals surface area contributed by atoms with Gasteiger partial charge in [-0.3, -0.25) is 10.1 Å². The van der Waals surface area contributed by atoms with Gasteiger partial charge in [-0.25, -0.2) is 9.78 Å². The Kier molecular flexibility index (Phi) is 5.08. The molecule has 1 saturated carbocycles. The summed E-state index contributed by atoms with van der Waals surface area (Å²) in [5.41, 5.74) is -0.0936. The highest BCUT2D eigenvalue weighted by Crippen LogP contribution is 2.27. The van der Waals surface area contributed by atoms with E-state index in [-0.39, 0.29) is 29.7 Å². The molecule has 0 saturated heterocycles. The Morgan fingerprint density at radius 1 is 1.48 bits per heavy atom. The number of ether oxygens (including phenoxy) is 1. The minimum Gasteiger partial charge on any atom is -0.462 e. The van der Waals surface area contributed by atoms with Crippen molar-refractivity contribution in [3.8, 4) is 0 Å². The van der Waals surface area contributed by atoms with Crippen molar-refractivity contribution in [3.05, 3.63) is 27.9 Å². The normalized spacial score (nSPS) is 15.5. The van der Waals surface area contributed by atoms with Crippen molar-refractivity contribution >= 4 is 17.5 Å². The lowest BCUT2D eigenvalue weighted by atomic mass is 9.95. The maximum absolute atomic E-state index is 11.6. The lowest BCUT2D eigenvalue weighted by Crippen LogP contribution is -2.23. The van der Waals surface area contributed by atoms with Gasteiger partial charge in [-0.05, 0) is 19.8 Å². The van der Waals surface area contributed by atoms with E-state index in [2.05, 4.69) is 10.3 Å². The molecule has 1 aliphatic carbocycles. The average Bonchev–Trinajstić information content (AvgIpc) is 2.48. The van der Waals surface area contributed by atoms with Crippen molar-refractivity contribution in [1.82, 2.24) is 4.98 Å². The maximum Gasteiger partial charge on any atom is 0.339 e. The fourth-order valence-corrected chi connectivity index (χ4v) is 2.47. The van der Waals surface area contributed by atoms with E-state index in [1.54, 1.807) is 6.92 Å². The van der Waals surface area contributed by atoms with Gasteiger partial charge in [0.25, 0.3) is 0 Å². The average molecular weight is 293 g/mol. The van der Waals surface area contributed by atoms with Crippen LogP contribution >= 0.6 is 0 Å². The molecule has 0 aromatic carbocycles. The Balaban J connectivity index is 2.20. The van der Waals surface area contributed by atoms with E-state index in [1.165, 1.54) is 18.7 Å². The van der Waals surface area contributed by atoms with Crippen LogP contribution in [0.1, 0.15) is 49.4 Å². The van der Waals surface area contributed by atoms with Gasteiger partial charge in [-0.2, -0.15) is 0 Å². The molecule has 7 heteroatoms. The number of hydrogen-bond donors (Lipinski definition) is 1. The zero-order valence-electron chi connectivity index (χ0n) is 12.0. The van der Waals surface area contributed by atoms with Gasteiger partial charge in [0.15, 0.2) is 0 Å². The number of esters is 1. The lowest BCUT2D eigenvalue weighted by molar-refractivity contribution is -0.384. The summed E-state index contributed by atoms with van der Waals surface area (Å²) in [6, 6.07) is 1.43. The largest absolute Gasteiger partial charge is 0.462 e. The van der Waals surface area contributed by atoms with Crippen molar-refractivity contribution in [2.45, 2.75) is 45.1 Å². The van der Waals surface area contributed by atoms with Gasteiger partial charge in [-0.15, -0.1) is 0 Å². The Morgan fingerprint density at radius 2 is 2.19 bits per heavy atom. The van der Waals surface area contributed by atoms with Crippen LogP contribution < -0.4 is 5.32 Å². The number of anilines is 1. The summed E-state index contributed by atoms with van der Waals surface area (Å²) in [6.45, 7) is 1.90. The summed E-state index contributed by atoms with van der Waals surface area (Å²) in [4.78, 5) is 26.3. The zero-order chi connectivity index (χ0) is 15.2. The van der Waals surface area contributed by atoms with Crippen molar-refractivity contribution in [1.29, 1.82) is 0 Å². The van der Waals surface area contributed by atoms with Crippen molar-refractivity contribution in [2.24, 2.45) is 0 Å². The van der Waals surface area contributed by atoms with Gasteiger partial charge in [0.1, 0.15) is 0 Å². The fourth-order valence-electron chi connectivity index (χ4n) is 2.47. The minimum atomic E-state index is -0.600. The molecule has 1 fully saturated rings. The molecular weight excluding hydrogens is 274 g/mol. The second-order valence-electron chi connectivity index (χ2n) is 5.05. The van der Waals surface area contributed by atoms with E-state index in [9.17, 15) is 14.9 Å². The highest BCUT2D eigenvalue weighted by Gasteiger charge is 2.22. The number of nitrogens with one attached hydrogen (secondary N) is 1. The van der Waals surface area contributed by atoms with E-state index < -0.39 is 10.9 Å². The second-order valence-corrected chi connectivity index (χ2v) is 5.05. The first kappa shape index (κ1) is 15.2. The molecule has 0 radical (unpaired) electrons. The first-order valence-electron chi connectivity index (χ1n) is 7.20. The first-order chi connectivity index (χ1) is 10.1. The predicted molar refractivity (Wildman–Crippen MR) is 77.3 cm³/mol. The molecule has 114 valence electrons. The van der Waals surface area contributed by atoms with Crippen LogP contribution in [-0.4, -0.2) is 28.5 Å². The number of aromatic nitrogens is 1. The van der Waals surface area contributed by atoms with E-state index in [0.717, 1.165) is 25.7 Å². The van der Waals surface area contributed by atoms with Crippen LogP contribution in [0.4, 0.5) is 11.5 Å². The zero-order valence-corrected chi connectivity index (χ0v) is 12.0. The molecule has 1 N–H and O–H groups in total. The molecule has 7 nitrogen and oxygen atoms in total. The van der Waals surface area contributed by atoms with Crippen molar-refractivity contribution in [3.63, 3.8) is 0 Å². The number of pyridine rings is 1. The van der Waals surface area contributed by atoms with Crippen LogP contribution in [0.3, 0.4) is 0 Å². The van der Waals surface area contributed by atoms with Crippen molar-refractivity contribution < 1.29 is 14.5 Å². The van der Waals surface area contributed by atoms with E-state index in [4.69, 9.17) is 4.74 Å². The third kappa shape index (κ3) is 3.90. The summed E-state index contributed by atoms with van der Waals surface area (Å²) in [5.74, 6) is -0.378. The maximum atomic E-state index is 11.6. The van der Waals surface area contributed by atoms with Crippen LogP contribution in [0, 0.1) is 10.1 Å². The molecule has 0 spiro atoms. The first-order valence-corrected chi connectivity index (χ1v) is 7.20. The second kappa shape index (κ2) is 7.01. The van der Waals surface area contributed by atoms with Gasteiger partial charge in [0, 0.05) is 18.3 Å². The van der Waals surface area contributed by atoms with Crippen LogP contribution in [0.15, 0.2) is 12.3 Å². The molecule has 0 atom stereocenters. The van der Waals surface area contributed by atoms with Crippen LogP contribution in [0.25, 0.3) is 0 Å². The molecule has 1 heterocycles. The van der Waals surface area contributed by atoms with Crippen LogP contribution in [0.5, 0.6) is 0 Å². The quantitative estimate of drug-likeness (QED) is 0.509. The number of carbonyl (C=O) groups is 1. The summed E-state index contributed by atoms with van der Waals surface area (Å²) in [7, 11) is 0. The molecule has 0 bridgehead atoms. The lowest BCUT2D eigenvalue weighted by Gasteiger charge is -2.23. The smallest absolute Gasteiger partial charge is 0.339 e. The topological polar surface area (TPSA) is 94.4 Å². The van der Waals surface area contributed by atoms with Gasteiger partial charge in [-0.1, -0.05) is 19.3 Å². The number of rotatable bonds is 5. The Hall–Kier alpha value is -2.18. The third-order valence-corrected chi connectivity index (χ3v) is 3.52. The highest BCUT2D eigenvalue weighted by molar-refractivity contribution is 5.90. The molecule has 21 heavy (non-hydrogen) atoms. The fraction of sp³-hybridized carbons (Fsp3) is 0.571. The summed E-state index contributed by atoms with van der Waals surface area (Å²) in [6.07, 6.45) is 6.72. The van der Waals surface area contributed by atoms with Gasteiger partial charge >= 0.3 is 11.7 Å². The molecule has 0 aliphatic heterocycles. The molecule has 0 amide bonds. The SMILES string of the molecule is CCOC(=O)c1cnc(NC2CCCCC2)c([N+](=O)[O-])c1. The molecule has 1 aliphatic rings. The monoisotopic (exact) mass is 293 g/mol. The Bertz CT molecular complexity index is 527. The number of nitro groups is 1. The predicted octanol–water partition coefficient (Wildman–Crippen LogP) is 2.91. The van der Waals surface area contributed by atoms with E-state index in [1.807, 2.05) is 0 Å². The van der Waals surface area contributed by atoms with Gasteiger partial charge in [0.2, 0.25) is 5.82 Å². The molecule has 2 rings (SSSR count). The Morgan fingerprint density at radius 3 is 2.81 bits per heavy atom. The van der Waals surface area contributed by atoms with Gasteiger partial charge < -0.3 is 10.1 Å². The third-order valence-electron chi connectivity index (χ3n) is 3.52. The number of hydrogen-bond acceptors (Lipinski definition) is 6. The standard InChI is InChI=1S/C14H19N3O4/c1-2-21-14(18)10-8-12(17(19)20)13(15-9-10)16-11-6-4-3-5-7-11/h8-9,11H,2-7H2,1H3,(H,15,16). The molecule has 0 unspecified atom stereocenters. The Labute approximate surface area is 122 Å². The molecule has 1 aromatic rings. The van der Waals surface area contributed by atoms with Crippen LogP contribution in [0.2, 0.25) is 0 Å². The van der Waals surface area contributed by atoms with Crippen LogP contribution in [-0.2, 0) is 4.74 Å². The van der Waals surface area contributed by atoms with Crippen molar-refractivity contribution in [2.75, 3.05) is 11.9 Å². The molecular formula is C14H19N3O4. The summed E-state index contributed by atoms with van der Waals surface area (Å²) < 4.78 is 4.83. The van der Waals surface area contributed by atoms with E-state index >= 15 is 0 Å². The summed E-state index contributed by atoms with van der Waals surface area (Å²) in [5, 5.41) is 14.3. The highest BCUT2D eigenvalue weighted by atomic mass is 16.6. The number of carbonyl (C=O) groups excluding carboxylic acids is 1. The van der Waals surface area contributed by atoms with E-state index in [0.29, 0.717) is 0 Å². The van der Waals surface area contributed by atoms with Gasteiger partial charge in [0.05, 0.1) is 17.1 Å². The molecule has 1 aromatic heterocycles. The minimum absolute atomic E-state index is 0.0951.